The summed E-state index contributed by atoms with van der Waals surface area (Å²) in [4.78, 5) is 35.8. The summed E-state index contributed by atoms with van der Waals surface area (Å²) < 4.78 is 0. The van der Waals surface area contributed by atoms with Crippen LogP contribution in [0.4, 0.5) is 5.82 Å². The van der Waals surface area contributed by atoms with Crippen molar-refractivity contribution in [1.29, 1.82) is 0 Å². The van der Waals surface area contributed by atoms with E-state index in [1.165, 1.54) is 5.56 Å². The molecule has 0 saturated carbocycles. The predicted octanol–water partition coefficient (Wildman–Crippen LogP) is 2.97. The van der Waals surface area contributed by atoms with Crippen molar-refractivity contribution in [2.75, 3.05) is 37.6 Å². The maximum Gasteiger partial charge on any atom is 0.255 e. The third kappa shape index (κ3) is 3.34. The molecule has 4 heterocycles. The van der Waals surface area contributed by atoms with Gasteiger partial charge in [-0.3, -0.25) is 9.59 Å². The van der Waals surface area contributed by atoms with Crippen molar-refractivity contribution in [2.24, 2.45) is 11.8 Å². The molecule has 6 nitrogen and oxygen atoms in total. The maximum absolute atomic E-state index is 12.6. The molecule has 5 rings (SSSR count). The van der Waals surface area contributed by atoms with E-state index in [1.54, 1.807) is 13.1 Å². The number of fused-ring (bicyclic) bond motifs is 1. The lowest BCUT2D eigenvalue weighted by atomic mass is 9.89. The number of benzene rings is 1. The maximum atomic E-state index is 12.6. The van der Waals surface area contributed by atoms with Crippen molar-refractivity contribution in [3.63, 3.8) is 0 Å². The van der Waals surface area contributed by atoms with Gasteiger partial charge in [-0.15, -0.1) is 0 Å². The van der Waals surface area contributed by atoms with Gasteiger partial charge in [-0.1, -0.05) is 30.3 Å². The van der Waals surface area contributed by atoms with E-state index in [0.29, 0.717) is 17.4 Å². The number of carbonyl (C=O) groups excluding carboxylic acids is 2. The number of anilines is 1. The minimum atomic E-state index is 0.0890. The number of nitrogens with zero attached hydrogens (tertiary/aromatic N) is 4. The van der Waals surface area contributed by atoms with E-state index in [-0.39, 0.29) is 17.9 Å². The zero-order valence-corrected chi connectivity index (χ0v) is 17.4. The molecule has 30 heavy (non-hydrogen) atoms. The van der Waals surface area contributed by atoms with E-state index >= 15 is 0 Å². The molecule has 2 amide bonds. The summed E-state index contributed by atoms with van der Waals surface area (Å²) in [6, 6.07) is 14.4. The first-order valence-electron chi connectivity index (χ1n) is 10.9. The van der Waals surface area contributed by atoms with Crippen LogP contribution in [0.15, 0.2) is 48.7 Å². The summed E-state index contributed by atoms with van der Waals surface area (Å²) in [5, 5.41) is 0. The zero-order valence-electron chi connectivity index (χ0n) is 17.4. The lowest BCUT2D eigenvalue weighted by Gasteiger charge is -2.29. The van der Waals surface area contributed by atoms with Gasteiger partial charge in [0.1, 0.15) is 5.82 Å². The van der Waals surface area contributed by atoms with Crippen LogP contribution in [-0.2, 0) is 4.79 Å². The van der Waals surface area contributed by atoms with Gasteiger partial charge < -0.3 is 14.7 Å². The molecule has 0 spiro atoms. The van der Waals surface area contributed by atoms with Crippen LogP contribution < -0.4 is 4.90 Å². The molecule has 3 fully saturated rings. The van der Waals surface area contributed by atoms with Crippen molar-refractivity contribution in [3.05, 3.63) is 59.8 Å². The van der Waals surface area contributed by atoms with Crippen molar-refractivity contribution >= 4 is 17.6 Å². The highest BCUT2D eigenvalue weighted by molar-refractivity contribution is 5.94. The van der Waals surface area contributed by atoms with Gasteiger partial charge in [0.05, 0.1) is 11.6 Å². The van der Waals surface area contributed by atoms with Gasteiger partial charge in [-0.05, 0) is 30.5 Å². The third-order valence-corrected chi connectivity index (χ3v) is 6.92. The lowest BCUT2D eigenvalue weighted by molar-refractivity contribution is -0.130. The molecule has 0 N–H and O–H groups in total. The summed E-state index contributed by atoms with van der Waals surface area (Å²) in [5.74, 6) is 1.98. The van der Waals surface area contributed by atoms with E-state index < -0.39 is 0 Å². The lowest BCUT2D eigenvalue weighted by Crippen LogP contribution is -2.34. The molecule has 2 aromatic rings. The first-order valence-corrected chi connectivity index (χ1v) is 10.9. The Labute approximate surface area is 177 Å². The van der Waals surface area contributed by atoms with E-state index in [1.807, 2.05) is 40.1 Å². The van der Waals surface area contributed by atoms with Gasteiger partial charge in [0.15, 0.2) is 0 Å². The van der Waals surface area contributed by atoms with Crippen molar-refractivity contribution < 1.29 is 9.59 Å². The molecule has 156 valence electrons. The number of carbonyl (C=O) groups is 2. The molecule has 0 radical (unpaired) electrons. The van der Waals surface area contributed by atoms with Crippen LogP contribution in [0.1, 0.15) is 41.7 Å². The molecule has 1 aromatic heterocycles. The number of rotatable bonds is 3. The van der Waals surface area contributed by atoms with Gasteiger partial charge >= 0.3 is 0 Å². The molecular weight excluding hydrogens is 376 g/mol. The Morgan fingerprint density at radius 2 is 1.73 bits per heavy atom. The monoisotopic (exact) mass is 404 g/mol. The van der Waals surface area contributed by atoms with Gasteiger partial charge in [-0.2, -0.15) is 0 Å². The van der Waals surface area contributed by atoms with Gasteiger partial charge in [-0.25, -0.2) is 4.98 Å². The number of amides is 2. The Hall–Kier alpha value is -2.89. The summed E-state index contributed by atoms with van der Waals surface area (Å²) in [6.45, 7) is 5.94. The van der Waals surface area contributed by atoms with E-state index in [0.717, 1.165) is 51.4 Å². The average Bonchev–Trinajstić information content (AvgIpc) is 3.50. The van der Waals surface area contributed by atoms with Gasteiger partial charge in [0, 0.05) is 57.7 Å². The van der Waals surface area contributed by atoms with Crippen LogP contribution in [-0.4, -0.2) is 59.3 Å². The van der Waals surface area contributed by atoms with Crippen LogP contribution >= 0.6 is 0 Å². The smallest absolute Gasteiger partial charge is 0.255 e. The Bertz CT molecular complexity index is 924. The number of pyridine rings is 1. The van der Waals surface area contributed by atoms with E-state index in [4.69, 9.17) is 0 Å². The second-order valence-corrected chi connectivity index (χ2v) is 8.76. The predicted molar refractivity (Wildman–Crippen MR) is 115 cm³/mol. The Morgan fingerprint density at radius 3 is 2.40 bits per heavy atom. The molecular formula is C24H28N4O2. The molecule has 3 atom stereocenters. The highest BCUT2D eigenvalue weighted by Crippen LogP contribution is 2.45. The minimum absolute atomic E-state index is 0.0890. The van der Waals surface area contributed by atoms with Crippen LogP contribution in [0.3, 0.4) is 0 Å². The molecule has 6 heteroatoms. The third-order valence-electron chi connectivity index (χ3n) is 6.92. The molecule has 0 aliphatic carbocycles. The molecule has 3 aliphatic rings. The zero-order chi connectivity index (χ0) is 20.7. The van der Waals surface area contributed by atoms with Crippen molar-refractivity contribution in [2.45, 2.75) is 25.8 Å². The van der Waals surface area contributed by atoms with Gasteiger partial charge in [0.25, 0.3) is 5.91 Å². The van der Waals surface area contributed by atoms with Crippen LogP contribution in [0.5, 0.6) is 0 Å². The fraction of sp³-hybridized carbons (Fsp3) is 0.458. The molecule has 0 unspecified atom stereocenters. The second-order valence-electron chi connectivity index (χ2n) is 8.76. The largest absolute Gasteiger partial charge is 0.356 e. The average molecular weight is 405 g/mol. The molecule has 1 aromatic carbocycles. The standard InChI is InChI=1S/C24H28N4O2/c1-17(29)28-15-20-14-27(16-21(20)23(28)18-7-3-2-4-8-18)22-10-9-19(13-25-22)24(30)26-11-5-6-12-26/h2-4,7-10,13,20-21,23H,5-6,11-12,14-16H2,1H3/t20-,21-,23+/m1/s1. The highest BCUT2D eigenvalue weighted by Gasteiger charge is 2.48. The van der Waals surface area contributed by atoms with E-state index in [2.05, 4.69) is 22.0 Å². The molecule has 3 saturated heterocycles. The van der Waals surface area contributed by atoms with Crippen molar-refractivity contribution in [1.82, 2.24) is 14.8 Å². The fourth-order valence-electron chi connectivity index (χ4n) is 5.44. The number of aromatic nitrogens is 1. The first-order chi connectivity index (χ1) is 14.6. The number of hydrogen-bond acceptors (Lipinski definition) is 4. The summed E-state index contributed by atoms with van der Waals surface area (Å²) in [5.41, 5.74) is 1.88. The normalized spacial score (nSPS) is 25.6. The van der Waals surface area contributed by atoms with Crippen LogP contribution in [0.25, 0.3) is 0 Å². The molecule has 0 bridgehead atoms. The Morgan fingerprint density at radius 1 is 0.967 bits per heavy atom. The van der Waals surface area contributed by atoms with Crippen LogP contribution in [0.2, 0.25) is 0 Å². The first kappa shape index (κ1) is 19.1. The topological polar surface area (TPSA) is 56.8 Å². The highest BCUT2D eigenvalue weighted by atomic mass is 16.2. The Balaban J connectivity index is 1.33. The Kier molecular flexibility index (Phi) is 4.93. The summed E-state index contributed by atoms with van der Waals surface area (Å²) in [7, 11) is 0. The van der Waals surface area contributed by atoms with Crippen LogP contribution in [0, 0.1) is 11.8 Å². The number of hydrogen-bond donors (Lipinski definition) is 0. The SMILES string of the molecule is CC(=O)N1C[C@H]2CN(c3ccc(C(=O)N4CCCC4)cn3)C[C@H]2[C@@H]1c1ccccc1. The minimum Gasteiger partial charge on any atom is -0.356 e. The fourth-order valence-corrected chi connectivity index (χ4v) is 5.44. The summed E-state index contributed by atoms with van der Waals surface area (Å²) in [6.07, 6.45) is 3.90. The van der Waals surface area contributed by atoms with E-state index in [9.17, 15) is 9.59 Å². The second kappa shape index (κ2) is 7.74. The van der Waals surface area contributed by atoms with Gasteiger partial charge in [0.2, 0.25) is 5.91 Å². The summed E-state index contributed by atoms with van der Waals surface area (Å²) >= 11 is 0. The number of likely N-dealkylation sites (tertiary alicyclic amines) is 2. The molecule has 3 aliphatic heterocycles. The quantitative estimate of drug-likeness (QED) is 0.789. The van der Waals surface area contributed by atoms with Crippen molar-refractivity contribution in [3.8, 4) is 0 Å².